The molecule has 1 atom stereocenters. The van der Waals surface area contributed by atoms with Crippen molar-refractivity contribution in [1.29, 1.82) is 0 Å². The third-order valence-electron chi connectivity index (χ3n) is 3.96. The number of hydrogen-bond acceptors (Lipinski definition) is 3. The maximum Gasteiger partial charge on any atom is 0.123 e. The van der Waals surface area contributed by atoms with Crippen molar-refractivity contribution >= 4 is 0 Å². The van der Waals surface area contributed by atoms with E-state index in [1.54, 1.807) is 18.3 Å². The van der Waals surface area contributed by atoms with E-state index in [0.717, 1.165) is 24.2 Å². The van der Waals surface area contributed by atoms with Crippen LogP contribution in [0.15, 0.2) is 36.5 Å². The number of nitrogens with zero attached hydrogens (tertiary/aromatic N) is 2. The highest BCUT2D eigenvalue weighted by molar-refractivity contribution is 5.29. The van der Waals surface area contributed by atoms with Gasteiger partial charge in [-0.05, 0) is 30.2 Å². The molecule has 2 rings (SSSR count). The molecular weight excluding hydrogens is 267 g/mol. The molecule has 5 heteroatoms. The van der Waals surface area contributed by atoms with Gasteiger partial charge in [-0.15, -0.1) is 0 Å². The van der Waals surface area contributed by atoms with Gasteiger partial charge in [0.05, 0.1) is 11.7 Å². The van der Waals surface area contributed by atoms with E-state index in [-0.39, 0.29) is 17.3 Å². The number of aryl methyl sites for hydroxylation is 1. The summed E-state index contributed by atoms with van der Waals surface area (Å²) in [5.41, 5.74) is 4.66. The van der Waals surface area contributed by atoms with Crippen molar-refractivity contribution in [3.05, 3.63) is 53.6 Å². The molecule has 0 fully saturated rings. The molecule has 0 aliphatic carbocycles. The highest BCUT2D eigenvalue weighted by Gasteiger charge is 2.33. The largest absolute Gasteiger partial charge is 0.271 e. The highest BCUT2D eigenvalue weighted by Crippen LogP contribution is 2.36. The number of halogens is 1. The van der Waals surface area contributed by atoms with Gasteiger partial charge in [0.2, 0.25) is 0 Å². The van der Waals surface area contributed by atoms with E-state index in [0.29, 0.717) is 0 Å². The van der Waals surface area contributed by atoms with Gasteiger partial charge in [0.1, 0.15) is 5.82 Å². The molecule has 114 valence electrons. The summed E-state index contributed by atoms with van der Waals surface area (Å²) in [6.45, 7) is 7.14. The van der Waals surface area contributed by atoms with Crippen LogP contribution in [0.5, 0.6) is 0 Å². The molecular formula is C16H23FN4. The molecule has 0 saturated heterocycles. The van der Waals surface area contributed by atoms with Crippen molar-refractivity contribution in [2.75, 3.05) is 0 Å². The van der Waals surface area contributed by atoms with E-state index in [1.165, 1.54) is 12.1 Å². The Morgan fingerprint density at radius 2 is 1.95 bits per heavy atom. The number of hydrazine groups is 1. The first-order valence-corrected chi connectivity index (χ1v) is 7.24. The topological polar surface area (TPSA) is 55.9 Å². The first-order chi connectivity index (χ1) is 10.0. The van der Waals surface area contributed by atoms with E-state index >= 15 is 0 Å². The maximum absolute atomic E-state index is 13.1. The Kier molecular flexibility index (Phi) is 4.75. The summed E-state index contributed by atoms with van der Waals surface area (Å²) in [5.74, 6) is 5.58. The van der Waals surface area contributed by atoms with Crippen LogP contribution in [-0.2, 0) is 12.0 Å². The van der Waals surface area contributed by atoms with Crippen LogP contribution in [0.2, 0.25) is 0 Å². The second-order valence-electron chi connectivity index (χ2n) is 5.81. The Morgan fingerprint density at radius 3 is 2.52 bits per heavy atom. The summed E-state index contributed by atoms with van der Waals surface area (Å²) in [6.07, 6.45) is 2.79. The lowest BCUT2D eigenvalue weighted by Crippen LogP contribution is -2.42. The summed E-state index contributed by atoms with van der Waals surface area (Å²) < 4.78 is 15.1. The number of benzene rings is 1. The Morgan fingerprint density at radius 1 is 1.29 bits per heavy atom. The minimum absolute atomic E-state index is 0.114. The third kappa shape index (κ3) is 3.14. The smallest absolute Gasteiger partial charge is 0.123 e. The molecule has 0 amide bonds. The lowest BCUT2D eigenvalue weighted by Gasteiger charge is -2.34. The summed E-state index contributed by atoms with van der Waals surface area (Å²) in [6, 6.07) is 8.44. The van der Waals surface area contributed by atoms with Gasteiger partial charge >= 0.3 is 0 Å². The Balaban J connectivity index is 2.39. The van der Waals surface area contributed by atoms with Crippen LogP contribution in [-0.4, -0.2) is 9.78 Å². The summed E-state index contributed by atoms with van der Waals surface area (Å²) in [7, 11) is 0. The van der Waals surface area contributed by atoms with E-state index in [2.05, 4.69) is 31.3 Å². The van der Waals surface area contributed by atoms with E-state index in [1.807, 2.05) is 10.7 Å². The van der Waals surface area contributed by atoms with Gasteiger partial charge in [0.15, 0.2) is 0 Å². The molecule has 0 aliphatic rings. The number of aromatic nitrogens is 2. The normalized spacial score (nSPS) is 13.4. The zero-order chi connectivity index (χ0) is 15.5. The first-order valence-electron chi connectivity index (χ1n) is 7.24. The second kappa shape index (κ2) is 6.37. The molecule has 0 bridgehead atoms. The molecule has 0 saturated carbocycles. The predicted octanol–water partition coefficient (Wildman–Crippen LogP) is 2.91. The first kappa shape index (κ1) is 15.7. The molecule has 0 aliphatic heterocycles. The molecule has 21 heavy (non-hydrogen) atoms. The van der Waals surface area contributed by atoms with Crippen molar-refractivity contribution in [3.63, 3.8) is 0 Å². The predicted molar refractivity (Wildman–Crippen MR) is 82.0 cm³/mol. The molecule has 0 radical (unpaired) electrons. The monoisotopic (exact) mass is 290 g/mol. The zero-order valence-corrected chi connectivity index (χ0v) is 12.8. The van der Waals surface area contributed by atoms with Gasteiger partial charge in [-0.2, -0.15) is 5.10 Å². The van der Waals surface area contributed by atoms with Crippen molar-refractivity contribution in [1.82, 2.24) is 15.2 Å². The fourth-order valence-corrected chi connectivity index (χ4v) is 2.70. The molecule has 2 aromatic rings. The fourth-order valence-electron chi connectivity index (χ4n) is 2.70. The minimum atomic E-state index is -0.298. The average molecular weight is 290 g/mol. The molecule has 1 unspecified atom stereocenters. The van der Waals surface area contributed by atoms with Crippen molar-refractivity contribution < 1.29 is 4.39 Å². The number of nitrogens with one attached hydrogen (secondary N) is 1. The lowest BCUT2D eigenvalue weighted by atomic mass is 9.76. The molecule has 1 heterocycles. The van der Waals surface area contributed by atoms with Crippen LogP contribution >= 0.6 is 0 Å². The van der Waals surface area contributed by atoms with E-state index < -0.39 is 0 Å². The van der Waals surface area contributed by atoms with Crippen LogP contribution in [0.3, 0.4) is 0 Å². The van der Waals surface area contributed by atoms with Gasteiger partial charge < -0.3 is 0 Å². The quantitative estimate of drug-likeness (QED) is 0.635. The van der Waals surface area contributed by atoms with Gasteiger partial charge in [-0.3, -0.25) is 16.0 Å². The second-order valence-corrected chi connectivity index (χ2v) is 5.81. The summed E-state index contributed by atoms with van der Waals surface area (Å²) >= 11 is 0. The van der Waals surface area contributed by atoms with Crippen LogP contribution in [0.25, 0.3) is 0 Å². The number of nitrogens with two attached hydrogens (primary N) is 1. The zero-order valence-electron chi connectivity index (χ0n) is 12.8. The fraction of sp³-hybridized carbons (Fsp3) is 0.438. The minimum Gasteiger partial charge on any atom is -0.271 e. The van der Waals surface area contributed by atoms with Crippen LogP contribution in [0.4, 0.5) is 4.39 Å². The van der Waals surface area contributed by atoms with Gasteiger partial charge in [-0.25, -0.2) is 4.39 Å². The third-order valence-corrected chi connectivity index (χ3v) is 3.96. The van der Waals surface area contributed by atoms with Crippen molar-refractivity contribution in [3.8, 4) is 0 Å². The molecule has 1 aromatic heterocycles. The highest BCUT2D eigenvalue weighted by atomic mass is 19.1. The van der Waals surface area contributed by atoms with E-state index in [4.69, 9.17) is 5.84 Å². The van der Waals surface area contributed by atoms with Gasteiger partial charge in [0, 0.05) is 18.2 Å². The maximum atomic E-state index is 13.1. The molecule has 3 N–H and O–H groups in total. The van der Waals surface area contributed by atoms with E-state index in [9.17, 15) is 4.39 Å². The molecule has 4 nitrogen and oxygen atoms in total. The van der Waals surface area contributed by atoms with Crippen molar-refractivity contribution in [2.24, 2.45) is 5.84 Å². The Labute approximate surface area is 125 Å². The lowest BCUT2D eigenvalue weighted by molar-refractivity contribution is 0.330. The Bertz CT molecular complexity index is 574. The molecule has 1 aromatic carbocycles. The van der Waals surface area contributed by atoms with Crippen molar-refractivity contribution in [2.45, 2.75) is 45.2 Å². The van der Waals surface area contributed by atoms with Gasteiger partial charge in [0.25, 0.3) is 0 Å². The average Bonchev–Trinajstić information content (AvgIpc) is 2.88. The van der Waals surface area contributed by atoms with Crippen LogP contribution in [0, 0.1) is 5.82 Å². The Hall–Kier alpha value is -1.72. The summed E-state index contributed by atoms with van der Waals surface area (Å²) in [4.78, 5) is 0. The number of rotatable bonds is 6. The standard InChI is InChI=1S/C16H23FN4/c1-4-11-21-14(9-10-19-21)15(20-18)16(2,3)12-5-7-13(17)8-6-12/h5-10,15,20H,4,11,18H2,1-3H3. The van der Waals surface area contributed by atoms with Gasteiger partial charge in [-0.1, -0.05) is 32.9 Å². The SMILES string of the molecule is CCCn1nccc1C(NN)C(C)(C)c1ccc(F)cc1. The number of hydrogen-bond donors (Lipinski definition) is 2. The molecule has 0 spiro atoms. The van der Waals surface area contributed by atoms with Crippen LogP contribution < -0.4 is 11.3 Å². The summed E-state index contributed by atoms with van der Waals surface area (Å²) in [5, 5.41) is 4.36. The van der Waals surface area contributed by atoms with Crippen LogP contribution in [0.1, 0.15) is 44.5 Å².